The predicted octanol–water partition coefficient (Wildman–Crippen LogP) is 11.3. The summed E-state index contributed by atoms with van der Waals surface area (Å²) >= 11 is 0. The van der Waals surface area contributed by atoms with Crippen molar-refractivity contribution in [3.8, 4) is 0 Å². The third kappa shape index (κ3) is 14.4. The van der Waals surface area contributed by atoms with Crippen molar-refractivity contribution in [1.29, 1.82) is 0 Å². The van der Waals surface area contributed by atoms with E-state index in [4.69, 9.17) is 31.4 Å². The third-order valence-corrected chi connectivity index (χ3v) is 11.0. The quantitative estimate of drug-likeness (QED) is 0.105. The molecule has 0 bridgehead atoms. The van der Waals surface area contributed by atoms with Gasteiger partial charge in [-0.1, -0.05) is 152 Å². The highest BCUT2D eigenvalue weighted by Crippen LogP contribution is 2.42. The monoisotopic (exact) mass is 772 g/mol. The Morgan fingerprint density at radius 2 is 0.679 bits per heavy atom. The molecule has 3 aromatic carbocycles. The van der Waals surface area contributed by atoms with Gasteiger partial charge in [0.1, 0.15) is 0 Å². The minimum atomic E-state index is -0.0842. The maximum absolute atomic E-state index is 6.13. The van der Waals surface area contributed by atoms with Crippen LogP contribution in [0.5, 0.6) is 0 Å². The summed E-state index contributed by atoms with van der Waals surface area (Å²) in [5.41, 5.74) is 30.8. The van der Waals surface area contributed by atoms with Crippen LogP contribution in [0.1, 0.15) is 179 Å². The molecule has 0 aliphatic rings. The van der Waals surface area contributed by atoms with E-state index in [-0.39, 0.29) is 52.7 Å². The van der Waals surface area contributed by atoms with E-state index in [1.807, 2.05) is 0 Å². The van der Waals surface area contributed by atoms with Crippen LogP contribution in [0.2, 0.25) is 0 Å². The van der Waals surface area contributed by atoms with Crippen LogP contribution >= 0.6 is 0 Å². The molecule has 6 N–H and O–H groups in total. The molecule has 0 heterocycles. The molecule has 0 aromatic heterocycles. The summed E-state index contributed by atoms with van der Waals surface area (Å²) in [4.78, 5) is 0. The number of rotatable bonds is 19. The second kappa shape index (κ2) is 19.0. The van der Waals surface area contributed by atoms with E-state index < -0.39 is 0 Å². The lowest BCUT2D eigenvalue weighted by atomic mass is 9.70. The van der Waals surface area contributed by atoms with Crippen molar-refractivity contribution in [3.63, 3.8) is 0 Å². The van der Waals surface area contributed by atoms with E-state index in [9.17, 15) is 0 Å². The lowest BCUT2D eigenvalue weighted by molar-refractivity contribution is 0.126. The zero-order valence-electron chi connectivity index (χ0n) is 38.4. The van der Waals surface area contributed by atoms with Crippen LogP contribution in [0.3, 0.4) is 0 Å². The molecule has 0 saturated heterocycles. The molecule has 0 aliphatic heterocycles. The van der Waals surface area contributed by atoms with Crippen LogP contribution < -0.4 is 17.2 Å². The van der Waals surface area contributed by atoms with E-state index in [2.05, 4.69) is 152 Å². The highest BCUT2D eigenvalue weighted by molar-refractivity contribution is 5.49. The van der Waals surface area contributed by atoms with Gasteiger partial charge in [-0.05, 0) is 120 Å². The molecule has 314 valence electrons. The first-order chi connectivity index (χ1) is 25.7. The van der Waals surface area contributed by atoms with Crippen LogP contribution in [-0.2, 0) is 63.1 Å². The lowest BCUT2D eigenvalue weighted by Gasteiger charge is -2.35. The molecule has 6 heteroatoms. The van der Waals surface area contributed by atoms with Gasteiger partial charge in [0.2, 0.25) is 0 Å². The summed E-state index contributed by atoms with van der Waals surface area (Å²) in [7, 11) is 0. The van der Waals surface area contributed by atoms with Crippen molar-refractivity contribution < 1.29 is 14.2 Å². The van der Waals surface area contributed by atoms with Gasteiger partial charge in [-0.3, -0.25) is 0 Å². The van der Waals surface area contributed by atoms with Crippen LogP contribution in [0.25, 0.3) is 0 Å². The fourth-order valence-electron chi connectivity index (χ4n) is 9.59. The Kier molecular flexibility index (Phi) is 16.2. The van der Waals surface area contributed by atoms with E-state index in [0.717, 1.165) is 43.2 Å². The maximum atomic E-state index is 6.13. The molecule has 0 fully saturated rings. The molecule has 0 unspecified atom stereocenters. The second-order valence-electron chi connectivity index (χ2n) is 22.0. The van der Waals surface area contributed by atoms with Crippen LogP contribution in [0, 0.1) is 16.2 Å². The van der Waals surface area contributed by atoms with Gasteiger partial charge in [-0.2, -0.15) is 0 Å². The highest BCUT2D eigenvalue weighted by Gasteiger charge is 2.32. The smallest absolute Gasteiger partial charge is 0.0944 e. The van der Waals surface area contributed by atoms with Gasteiger partial charge >= 0.3 is 0 Å². The average Bonchev–Trinajstić information content (AvgIpc) is 3.03. The first kappa shape index (κ1) is 47.8. The summed E-state index contributed by atoms with van der Waals surface area (Å²) in [6, 6.07) is 18.8. The van der Waals surface area contributed by atoms with Crippen LogP contribution in [0.4, 0.5) is 0 Å². The maximum Gasteiger partial charge on any atom is 0.0944 e. The Balaban J connectivity index is 2.38. The Morgan fingerprint density at radius 3 is 1.00 bits per heavy atom. The van der Waals surface area contributed by atoms with Gasteiger partial charge in [-0.25, -0.2) is 0 Å². The Morgan fingerprint density at radius 1 is 0.375 bits per heavy atom. The molecular formula is C50H81N3O3. The van der Waals surface area contributed by atoms with Crippen molar-refractivity contribution in [3.05, 3.63) is 104 Å². The Hall–Kier alpha value is -2.58. The zero-order chi connectivity index (χ0) is 42.3. The minimum absolute atomic E-state index is 0.0127. The zero-order valence-corrected chi connectivity index (χ0v) is 38.4. The van der Waals surface area contributed by atoms with Crippen LogP contribution in [-0.4, -0.2) is 20.2 Å². The molecule has 0 saturated carbocycles. The van der Waals surface area contributed by atoms with Crippen molar-refractivity contribution in [2.45, 2.75) is 172 Å². The fraction of sp³-hybridized carbons (Fsp3) is 0.640. The van der Waals surface area contributed by atoms with Crippen molar-refractivity contribution >= 4 is 0 Å². The molecule has 3 aromatic rings. The van der Waals surface area contributed by atoms with Gasteiger partial charge in [0.15, 0.2) is 0 Å². The number of hydrogen-bond acceptors (Lipinski definition) is 6. The van der Waals surface area contributed by atoms with Crippen molar-refractivity contribution in [2.24, 2.45) is 33.4 Å². The topological polar surface area (TPSA) is 106 Å². The number of nitrogens with two attached hydrogens (primary N) is 3. The van der Waals surface area contributed by atoms with Gasteiger partial charge in [0, 0.05) is 0 Å². The molecule has 0 spiro atoms. The number of benzene rings is 3. The van der Waals surface area contributed by atoms with Gasteiger partial charge in [-0.15, -0.1) is 0 Å². The second-order valence-corrected chi connectivity index (χ2v) is 22.0. The molecule has 0 atom stereocenters. The summed E-state index contributed by atoms with van der Waals surface area (Å²) in [5, 5.41) is 0. The van der Waals surface area contributed by atoms with E-state index in [0.29, 0.717) is 19.8 Å². The van der Waals surface area contributed by atoms with Crippen molar-refractivity contribution in [2.75, 3.05) is 20.2 Å². The molecule has 3 rings (SSSR count). The Bertz CT molecular complexity index is 1610. The molecule has 0 aliphatic carbocycles. The van der Waals surface area contributed by atoms with Crippen molar-refractivity contribution in [1.82, 2.24) is 0 Å². The fourth-order valence-corrected chi connectivity index (χ4v) is 9.59. The lowest BCUT2D eigenvalue weighted by Crippen LogP contribution is -2.26. The summed E-state index contributed by atoms with van der Waals surface area (Å²) in [6.07, 6.45) is 4.64. The minimum Gasteiger partial charge on any atom is -0.362 e. The first-order valence-electron chi connectivity index (χ1n) is 20.9. The first-order valence-corrected chi connectivity index (χ1v) is 20.9. The molecule has 0 amide bonds. The molecule has 56 heavy (non-hydrogen) atoms. The van der Waals surface area contributed by atoms with E-state index in [1.54, 1.807) is 0 Å². The van der Waals surface area contributed by atoms with E-state index in [1.165, 1.54) is 44.5 Å². The van der Waals surface area contributed by atoms with Gasteiger partial charge in [0.25, 0.3) is 0 Å². The van der Waals surface area contributed by atoms with E-state index >= 15 is 0 Å². The largest absolute Gasteiger partial charge is 0.362 e. The standard InChI is InChI=1S/C50H81N3O3/c1-45(2,3)29-48(10,11)41-18-16-35(26-54-32-51)37(22-41)20-39-24-43(50(14,15)31-47(7,8)9)25-40(44(39)28-56-34-53)21-38-23-42(19-17-36(38)27-55-33-52)49(12,13)30-46(4,5)6/h16-19,22-25H,20-21,26-34,51-53H2,1-15H3. The number of hydrogen-bond donors (Lipinski definition) is 3. The Labute approximate surface area is 343 Å². The number of ether oxygens (including phenoxy) is 3. The third-order valence-electron chi connectivity index (χ3n) is 11.0. The molecule has 6 nitrogen and oxygen atoms in total. The summed E-state index contributed by atoms with van der Waals surface area (Å²) < 4.78 is 17.9. The molecular weight excluding hydrogens is 691 g/mol. The highest BCUT2D eigenvalue weighted by atomic mass is 16.5. The van der Waals surface area contributed by atoms with Crippen LogP contribution in [0.15, 0.2) is 48.5 Å². The van der Waals surface area contributed by atoms with Gasteiger partial charge in [0.05, 0.1) is 40.0 Å². The van der Waals surface area contributed by atoms with Gasteiger partial charge < -0.3 is 31.4 Å². The average molecular weight is 772 g/mol. The predicted molar refractivity (Wildman–Crippen MR) is 238 cm³/mol. The normalized spacial score (nSPS) is 13.5. The summed E-state index contributed by atoms with van der Waals surface area (Å²) in [6.45, 7) is 37.0. The molecule has 0 radical (unpaired) electrons. The summed E-state index contributed by atoms with van der Waals surface area (Å²) in [5.74, 6) is 0. The SMILES string of the molecule is CC(C)(C)CC(C)(C)c1ccc(COCN)c(Cc2cc(C(C)(C)CC(C)(C)C)cc(Cc3cc(C(C)(C)CC(C)(C)C)ccc3COCN)c2COCN)c1.